The van der Waals surface area contributed by atoms with Gasteiger partial charge in [-0.15, -0.1) is 0 Å². The number of fused-ring (bicyclic) bond motifs is 1. The molecule has 1 heterocycles. The summed E-state index contributed by atoms with van der Waals surface area (Å²) in [5.74, 6) is 1.42. The summed E-state index contributed by atoms with van der Waals surface area (Å²) in [6.07, 6.45) is 7.25. The zero-order valence-corrected chi connectivity index (χ0v) is 21.0. The van der Waals surface area contributed by atoms with E-state index in [1.165, 1.54) is 18.2 Å². The second-order valence-electron chi connectivity index (χ2n) is 11.0. The summed E-state index contributed by atoms with van der Waals surface area (Å²) in [6.45, 7) is 2.83. The lowest BCUT2D eigenvalue weighted by molar-refractivity contribution is -0.134. The van der Waals surface area contributed by atoms with Gasteiger partial charge >= 0.3 is 0 Å². The maximum absolute atomic E-state index is 13.5. The fraction of sp³-hybridized carbons (Fsp3) is 0.577. The number of nitrogens with one attached hydrogen (secondary N) is 2. The first-order valence-electron chi connectivity index (χ1n) is 12.5. The van der Waals surface area contributed by atoms with Crippen molar-refractivity contribution in [3.63, 3.8) is 0 Å². The molecule has 188 valence electrons. The number of carbonyl (C=O) groups is 2. The van der Waals surface area contributed by atoms with Crippen molar-refractivity contribution in [1.29, 1.82) is 0 Å². The van der Waals surface area contributed by atoms with Gasteiger partial charge in [-0.2, -0.15) is 5.10 Å². The van der Waals surface area contributed by atoms with Crippen LogP contribution in [0.25, 0.3) is 0 Å². The third kappa shape index (κ3) is 4.53. The maximum Gasteiger partial charge on any atom is 0.261 e. The number of hydrogen-bond donors (Lipinski definition) is 3. The summed E-state index contributed by atoms with van der Waals surface area (Å²) >= 11 is 5.86. The maximum atomic E-state index is 13.5. The SMILES string of the molecule is Cn1nc(C2CC3CC(CNC(=O)C4(C)CCC4)CC3C2)c(C(=O)Nc2ccc(F)c(Cl)c2)c1N. The Morgan fingerprint density at radius 2 is 1.91 bits per heavy atom. The molecular formula is C26H33ClFN5O2. The minimum atomic E-state index is -0.543. The highest BCUT2D eigenvalue weighted by Crippen LogP contribution is 2.53. The van der Waals surface area contributed by atoms with Crippen LogP contribution in [0, 0.1) is 29.0 Å². The van der Waals surface area contributed by atoms with Gasteiger partial charge in [-0.3, -0.25) is 14.3 Å². The van der Waals surface area contributed by atoms with E-state index in [4.69, 9.17) is 17.3 Å². The van der Waals surface area contributed by atoms with E-state index >= 15 is 0 Å². The molecule has 0 saturated heterocycles. The molecule has 3 fully saturated rings. The number of hydrogen-bond acceptors (Lipinski definition) is 4. The van der Waals surface area contributed by atoms with Crippen LogP contribution >= 0.6 is 11.6 Å². The van der Waals surface area contributed by atoms with Gasteiger partial charge in [0.25, 0.3) is 5.91 Å². The standard InChI is InChI=1S/C26H33ClFN5O2/c1-26(6-3-7-26)25(35)30-13-14-8-15-10-17(11-16(15)9-14)22-21(23(29)33(2)32-22)24(34)31-18-4-5-20(28)19(27)12-18/h4-5,12,14-17H,3,6-11,13,29H2,1-2H3,(H,30,35)(H,31,34). The van der Waals surface area contributed by atoms with Crippen LogP contribution in [-0.2, 0) is 11.8 Å². The summed E-state index contributed by atoms with van der Waals surface area (Å²) in [5, 5.41) is 10.6. The van der Waals surface area contributed by atoms with Crippen molar-refractivity contribution in [3.8, 4) is 0 Å². The molecule has 3 aliphatic carbocycles. The number of nitrogens with zero attached hydrogens (tertiary/aromatic N) is 2. The first-order valence-corrected chi connectivity index (χ1v) is 12.9. The molecule has 0 aliphatic heterocycles. The molecule has 2 unspecified atom stereocenters. The molecule has 0 bridgehead atoms. The molecule has 9 heteroatoms. The van der Waals surface area contributed by atoms with Crippen LogP contribution in [0.15, 0.2) is 18.2 Å². The van der Waals surface area contributed by atoms with Gasteiger partial charge in [-0.25, -0.2) is 4.39 Å². The third-order valence-electron chi connectivity index (χ3n) is 8.58. The molecular weight excluding hydrogens is 469 g/mol. The molecule has 2 amide bonds. The first kappa shape index (κ1) is 24.1. The number of nitrogens with two attached hydrogens (primary N) is 1. The number of halogens is 2. The normalized spacial score (nSPS) is 26.7. The Kier molecular flexibility index (Phi) is 6.28. The minimum absolute atomic E-state index is 0.0571. The first-order chi connectivity index (χ1) is 16.6. The van der Waals surface area contributed by atoms with Crippen LogP contribution in [0.5, 0.6) is 0 Å². The number of aromatic nitrogens is 2. The zero-order chi connectivity index (χ0) is 24.9. The fourth-order valence-electron chi connectivity index (χ4n) is 6.36. The fourth-order valence-corrected chi connectivity index (χ4v) is 6.54. The Morgan fingerprint density at radius 3 is 2.51 bits per heavy atom. The van der Waals surface area contributed by atoms with Gasteiger partial charge in [0, 0.05) is 30.6 Å². The molecule has 0 spiro atoms. The lowest BCUT2D eigenvalue weighted by atomic mass is 9.70. The van der Waals surface area contributed by atoms with Crippen molar-refractivity contribution >= 4 is 34.9 Å². The number of amides is 2. The number of benzene rings is 1. The van der Waals surface area contributed by atoms with E-state index in [9.17, 15) is 14.0 Å². The van der Waals surface area contributed by atoms with Crippen molar-refractivity contribution in [2.75, 3.05) is 17.6 Å². The van der Waals surface area contributed by atoms with E-state index in [2.05, 4.69) is 22.7 Å². The second-order valence-corrected chi connectivity index (χ2v) is 11.4. The monoisotopic (exact) mass is 501 g/mol. The Morgan fingerprint density at radius 1 is 1.23 bits per heavy atom. The number of nitrogen functional groups attached to an aromatic ring is 1. The molecule has 3 saturated carbocycles. The van der Waals surface area contributed by atoms with Crippen LogP contribution < -0.4 is 16.4 Å². The van der Waals surface area contributed by atoms with Gasteiger partial charge < -0.3 is 16.4 Å². The summed E-state index contributed by atoms with van der Waals surface area (Å²) in [7, 11) is 1.74. The Hall–Kier alpha value is -2.61. The van der Waals surface area contributed by atoms with Crippen LogP contribution in [0.2, 0.25) is 5.02 Å². The van der Waals surface area contributed by atoms with Crippen molar-refractivity contribution in [3.05, 3.63) is 40.3 Å². The Balaban J connectivity index is 1.23. The predicted octanol–water partition coefficient (Wildman–Crippen LogP) is 4.87. The van der Waals surface area contributed by atoms with Gasteiger partial charge in [0.05, 0.1) is 10.7 Å². The Bertz CT molecular complexity index is 1150. The van der Waals surface area contributed by atoms with Crippen molar-refractivity contribution < 1.29 is 14.0 Å². The Labute approximate surface area is 210 Å². The van der Waals surface area contributed by atoms with Gasteiger partial charge in [0.15, 0.2) is 0 Å². The summed E-state index contributed by atoms with van der Waals surface area (Å²) in [5.41, 5.74) is 7.61. The van der Waals surface area contributed by atoms with Gasteiger partial charge in [-0.05, 0) is 74.5 Å². The van der Waals surface area contributed by atoms with E-state index in [0.717, 1.165) is 57.2 Å². The zero-order valence-electron chi connectivity index (χ0n) is 20.2. The van der Waals surface area contributed by atoms with Crippen LogP contribution in [0.3, 0.4) is 0 Å². The molecule has 0 radical (unpaired) electrons. The van der Waals surface area contributed by atoms with E-state index in [1.807, 2.05) is 0 Å². The molecule has 1 aromatic heterocycles. The quantitative estimate of drug-likeness (QED) is 0.525. The molecule has 1 aromatic carbocycles. The molecule has 35 heavy (non-hydrogen) atoms. The van der Waals surface area contributed by atoms with Gasteiger partial charge in [0.2, 0.25) is 5.91 Å². The predicted molar refractivity (Wildman–Crippen MR) is 134 cm³/mol. The highest BCUT2D eigenvalue weighted by Gasteiger charge is 2.45. The van der Waals surface area contributed by atoms with Crippen molar-refractivity contribution in [2.24, 2.45) is 30.2 Å². The topological polar surface area (TPSA) is 102 Å². The number of anilines is 2. The second kappa shape index (κ2) is 9.12. The highest BCUT2D eigenvalue weighted by molar-refractivity contribution is 6.31. The van der Waals surface area contributed by atoms with E-state index in [-0.39, 0.29) is 28.2 Å². The molecule has 2 aromatic rings. The van der Waals surface area contributed by atoms with Crippen molar-refractivity contribution in [2.45, 2.75) is 57.8 Å². The van der Waals surface area contributed by atoms with Crippen LogP contribution in [-0.4, -0.2) is 28.1 Å². The average molecular weight is 502 g/mol. The molecule has 7 nitrogen and oxygen atoms in total. The molecule has 3 aliphatic rings. The van der Waals surface area contributed by atoms with Gasteiger partial charge in [0.1, 0.15) is 17.2 Å². The number of carbonyl (C=O) groups excluding carboxylic acids is 2. The smallest absolute Gasteiger partial charge is 0.261 e. The third-order valence-corrected chi connectivity index (χ3v) is 8.87. The number of aryl methyl sites for hydroxylation is 1. The van der Waals surface area contributed by atoms with E-state index < -0.39 is 5.82 Å². The molecule has 2 atom stereocenters. The average Bonchev–Trinajstić information content (AvgIpc) is 3.44. The van der Waals surface area contributed by atoms with Gasteiger partial charge in [-0.1, -0.05) is 24.9 Å². The summed E-state index contributed by atoms with van der Waals surface area (Å²) in [4.78, 5) is 25.7. The summed E-state index contributed by atoms with van der Waals surface area (Å²) in [6, 6.07) is 4.07. The molecule has 5 rings (SSSR count). The van der Waals surface area contributed by atoms with Crippen LogP contribution in [0.4, 0.5) is 15.9 Å². The highest BCUT2D eigenvalue weighted by atomic mass is 35.5. The largest absolute Gasteiger partial charge is 0.383 e. The van der Waals surface area contributed by atoms with Crippen molar-refractivity contribution in [1.82, 2.24) is 15.1 Å². The lowest BCUT2D eigenvalue weighted by Crippen LogP contribution is -2.44. The van der Waals surface area contributed by atoms with E-state index in [0.29, 0.717) is 34.8 Å². The van der Waals surface area contributed by atoms with E-state index in [1.54, 1.807) is 11.7 Å². The lowest BCUT2D eigenvalue weighted by Gasteiger charge is -2.36. The number of rotatable bonds is 6. The summed E-state index contributed by atoms with van der Waals surface area (Å²) < 4.78 is 15.0. The van der Waals surface area contributed by atoms with Crippen LogP contribution in [0.1, 0.15) is 73.8 Å². The molecule has 4 N–H and O–H groups in total. The minimum Gasteiger partial charge on any atom is -0.383 e.